The van der Waals surface area contributed by atoms with Crippen LogP contribution in [-0.2, 0) is 10.0 Å². The summed E-state index contributed by atoms with van der Waals surface area (Å²) >= 11 is 0. The van der Waals surface area contributed by atoms with E-state index < -0.39 is 10.0 Å². The fourth-order valence-electron chi connectivity index (χ4n) is 3.79. The van der Waals surface area contributed by atoms with Gasteiger partial charge >= 0.3 is 0 Å². The number of rotatable bonds is 4. The maximum atomic E-state index is 13.3. The second-order valence-electron chi connectivity index (χ2n) is 6.81. The number of hydrogen-bond donors (Lipinski definition) is 1. The Kier molecular flexibility index (Phi) is 5.67. The molecule has 146 valence electrons. The largest absolute Gasteiger partial charge is 0.454 e. The third-order valence-corrected chi connectivity index (χ3v) is 7.20. The van der Waals surface area contributed by atoms with Crippen LogP contribution >= 0.6 is 12.4 Å². The van der Waals surface area contributed by atoms with Crippen molar-refractivity contribution in [2.45, 2.75) is 17.7 Å². The van der Waals surface area contributed by atoms with Crippen LogP contribution < -0.4 is 15.2 Å². The molecule has 0 spiro atoms. The number of hydrogen-bond acceptors (Lipinski definition) is 5. The van der Waals surface area contributed by atoms with Gasteiger partial charge in [-0.3, -0.25) is 0 Å². The van der Waals surface area contributed by atoms with Crippen LogP contribution in [0.15, 0.2) is 47.4 Å². The van der Waals surface area contributed by atoms with Crippen LogP contribution in [0.4, 0.5) is 0 Å². The molecule has 1 fully saturated rings. The van der Waals surface area contributed by atoms with Gasteiger partial charge < -0.3 is 15.2 Å². The highest BCUT2D eigenvalue weighted by Gasteiger charge is 2.40. The van der Waals surface area contributed by atoms with E-state index in [9.17, 15) is 8.42 Å². The van der Waals surface area contributed by atoms with Gasteiger partial charge in [-0.25, -0.2) is 8.42 Å². The van der Waals surface area contributed by atoms with Gasteiger partial charge in [0.25, 0.3) is 0 Å². The van der Waals surface area contributed by atoms with Crippen LogP contribution in [0.5, 0.6) is 11.5 Å². The summed E-state index contributed by atoms with van der Waals surface area (Å²) in [6.45, 7) is 3.20. The fraction of sp³-hybridized carbons (Fsp3) is 0.368. The van der Waals surface area contributed by atoms with Crippen LogP contribution in [-0.4, -0.2) is 39.2 Å². The molecule has 6 nitrogen and oxygen atoms in total. The van der Waals surface area contributed by atoms with Gasteiger partial charge in [-0.1, -0.05) is 30.3 Å². The lowest BCUT2D eigenvalue weighted by Crippen LogP contribution is -2.30. The molecular weight excluding hydrogens is 388 g/mol. The first-order valence-electron chi connectivity index (χ1n) is 8.66. The highest BCUT2D eigenvalue weighted by atomic mass is 35.5. The third kappa shape index (κ3) is 3.52. The van der Waals surface area contributed by atoms with E-state index in [0.717, 1.165) is 5.56 Å². The Morgan fingerprint density at radius 1 is 1.11 bits per heavy atom. The number of nitrogens with two attached hydrogens (primary N) is 1. The predicted molar refractivity (Wildman–Crippen MR) is 105 cm³/mol. The monoisotopic (exact) mass is 410 g/mol. The van der Waals surface area contributed by atoms with Crippen molar-refractivity contribution in [1.82, 2.24) is 4.31 Å². The standard InChI is InChI=1S/C19H22N2O4S.ClH/c1-13-7-17-18(25-12-24-17)8-19(13)26(22,23)21-10-15(9-20)16(11-21)14-5-3-2-4-6-14;/h2-8,15-16H,9-12,20H2,1H3;1H/t15-,16+;/m1./s1. The highest BCUT2D eigenvalue weighted by molar-refractivity contribution is 7.89. The van der Waals surface area contributed by atoms with E-state index in [0.29, 0.717) is 36.7 Å². The lowest BCUT2D eigenvalue weighted by atomic mass is 9.89. The van der Waals surface area contributed by atoms with E-state index in [2.05, 4.69) is 0 Å². The zero-order valence-corrected chi connectivity index (χ0v) is 16.6. The Balaban J connectivity index is 0.00000210. The van der Waals surface area contributed by atoms with Crippen molar-refractivity contribution in [3.8, 4) is 11.5 Å². The molecule has 1 saturated heterocycles. The molecule has 0 radical (unpaired) electrons. The molecule has 0 bridgehead atoms. The van der Waals surface area contributed by atoms with Crippen LogP contribution in [0.25, 0.3) is 0 Å². The van der Waals surface area contributed by atoms with Gasteiger partial charge in [-0.2, -0.15) is 4.31 Å². The molecule has 0 aliphatic carbocycles. The number of aryl methyl sites for hydroxylation is 1. The summed E-state index contributed by atoms with van der Waals surface area (Å²) in [5.74, 6) is 1.26. The summed E-state index contributed by atoms with van der Waals surface area (Å²) in [6.07, 6.45) is 0. The number of nitrogens with zero attached hydrogens (tertiary/aromatic N) is 1. The molecule has 2 aromatic rings. The van der Waals surface area contributed by atoms with E-state index >= 15 is 0 Å². The number of ether oxygens (including phenoxy) is 2. The van der Waals surface area contributed by atoms with Gasteiger partial charge in [0.05, 0.1) is 4.90 Å². The second-order valence-corrected chi connectivity index (χ2v) is 8.71. The van der Waals surface area contributed by atoms with E-state index in [1.807, 2.05) is 30.3 Å². The van der Waals surface area contributed by atoms with Gasteiger partial charge in [-0.05, 0) is 36.6 Å². The smallest absolute Gasteiger partial charge is 0.243 e. The lowest BCUT2D eigenvalue weighted by molar-refractivity contribution is 0.174. The maximum absolute atomic E-state index is 13.3. The van der Waals surface area contributed by atoms with E-state index in [1.54, 1.807) is 23.4 Å². The molecule has 0 unspecified atom stereocenters. The number of sulfonamides is 1. The summed E-state index contributed by atoms with van der Waals surface area (Å²) in [4.78, 5) is 0.270. The van der Waals surface area contributed by atoms with Crippen LogP contribution in [0.1, 0.15) is 17.0 Å². The quantitative estimate of drug-likeness (QED) is 0.837. The highest BCUT2D eigenvalue weighted by Crippen LogP contribution is 2.40. The Bertz CT molecular complexity index is 921. The van der Waals surface area contributed by atoms with E-state index in [1.165, 1.54) is 0 Å². The minimum atomic E-state index is -3.63. The van der Waals surface area contributed by atoms with Gasteiger partial charge in [0.1, 0.15) is 0 Å². The minimum Gasteiger partial charge on any atom is -0.454 e. The molecule has 2 aliphatic rings. The Morgan fingerprint density at radius 3 is 2.44 bits per heavy atom. The van der Waals surface area contributed by atoms with Crippen molar-refractivity contribution in [2.75, 3.05) is 26.4 Å². The van der Waals surface area contributed by atoms with Crippen molar-refractivity contribution >= 4 is 22.4 Å². The first kappa shape index (κ1) is 19.9. The molecule has 2 heterocycles. The fourth-order valence-corrected chi connectivity index (χ4v) is 5.53. The zero-order valence-electron chi connectivity index (χ0n) is 15.0. The van der Waals surface area contributed by atoms with Gasteiger partial charge in [0, 0.05) is 25.1 Å². The first-order valence-corrected chi connectivity index (χ1v) is 10.1. The first-order chi connectivity index (χ1) is 12.5. The van der Waals surface area contributed by atoms with E-state index in [-0.39, 0.29) is 35.9 Å². The summed E-state index contributed by atoms with van der Waals surface area (Å²) in [5, 5.41) is 0. The molecular formula is C19H23ClN2O4S. The third-order valence-electron chi connectivity index (χ3n) is 5.23. The summed E-state index contributed by atoms with van der Waals surface area (Å²) in [5.41, 5.74) is 7.73. The molecule has 2 N–H and O–H groups in total. The van der Waals surface area contributed by atoms with Gasteiger partial charge in [0.15, 0.2) is 11.5 Å². The number of benzene rings is 2. The summed E-state index contributed by atoms with van der Waals surface area (Å²) in [6, 6.07) is 13.3. The Morgan fingerprint density at radius 2 is 1.78 bits per heavy atom. The van der Waals surface area contributed by atoms with Crippen molar-refractivity contribution in [3.05, 3.63) is 53.6 Å². The topological polar surface area (TPSA) is 81.9 Å². The molecule has 2 aromatic carbocycles. The summed E-state index contributed by atoms with van der Waals surface area (Å²) < 4.78 is 38.8. The molecule has 27 heavy (non-hydrogen) atoms. The normalized spacial score (nSPS) is 21.9. The van der Waals surface area contributed by atoms with Crippen LogP contribution in [0.3, 0.4) is 0 Å². The van der Waals surface area contributed by atoms with Crippen molar-refractivity contribution in [3.63, 3.8) is 0 Å². The van der Waals surface area contributed by atoms with Crippen LogP contribution in [0.2, 0.25) is 0 Å². The molecule has 2 atom stereocenters. The molecule has 4 rings (SSSR count). The molecule has 0 amide bonds. The Labute approximate surface area is 165 Å². The number of fused-ring (bicyclic) bond motifs is 1. The van der Waals surface area contributed by atoms with Crippen molar-refractivity contribution in [1.29, 1.82) is 0 Å². The maximum Gasteiger partial charge on any atom is 0.243 e. The SMILES string of the molecule is Cc1cc2c(cc1S(=O)(=O)N1C[C@@H](CN)[C@H](c3ccccc3)C1)OCO2.Cl. The average Bonchev–Trinajstić information content (AvgIpc) is 3.28. The van der Waals surface area contributed by atoms with Gasteiger partial charge in [-0.15, -0.1) is 12.4 Å². The van der Waals surface area contributed by atoms with Crippen molar-refractivity contribution < 1.29 is 17.9 Å². The predicted octanol–water partition coefficient (Wildman–Crippen LogP) is 2.51. The lowest BCUT2D eigenvalue weighted by Gasteiger charge is -2.18. The van der Waals surface area contributed by atoms with E-state index in [4.69, 9.17) is 15.2 Å². The molecule has 2 aliphatic heterocycles. The zero-order chi connectivity index (χ0) is 18.3. The minimum absolute atomic E-state index is 0. The molecule has 8 heteroatoms. The van der Waals surface area contributed by atoms with Crippen molar-refractivity contribution in [2.24, 2.45) is 11.7 Å². The van der Waals surface area contributed by atoms with Gasteiger partial charge in [0.2, 0.25) is 16.8 Å². The Hall–Kier alpha value is -1.80. The average molecular weight is 411 g/mol. The number of halogens is 1. The summed E-state index contributed by atoms with van der Waals surface area (Å²) in [7, 11) is -3.63. The van der Waals surface area contributed by atoms with Crippen LogP contribution in [0, 0.1) is 12.8 Å². The molecule has 0 aromatic heterocycles. The second kappa shape index (κ2) is 7.67. The molecule has 0 saturated carbocycles.